The maximum absolute atomic E-state index is 13.6. The van der Waals surface area contributed by atoms with Crippen molar-refractivity contribution in [2.24, 2.45) is 11.8 Å². The summed E-state index contributed by atoms with van der Waals surface area (Å²) < 4.78 is 75.7. The van der Waals surface area contributed by atoms with Crippen molar-refractivity contribution in [1.82, 2.24) is 0 Å². The van der Waals surface area contributed by atoms with Gasteiger partial charge in [-0.15, -0.1) is 0 Å². The molecule has 0 aromatic carbocycles. The van der Waals surface area contributed by atoms with Crippen LogP contribution in [0.2, 0.25) is 0 Å². The average molecular weight is 262 g/mol. The standard InChI is InChI=1S/C10H12F6O/c11-8(12)9(13,10(14,15)16)7-3-1-2-6(4-7)5-17/h5-8H,1-4H2. The molecular formula is C10H12F6O. The molecule has 1 nitrogen and oxygen atoms in total. The van der Waals surface area contributed by atoms with Gasteiger partial charge in [0.1, 0.15) is 6.29 Å². The van der Waals surface area contributed by atoms with Crippen molar-refractivity contribution in [3.05, 3.63) is 0 Å². The van der Waals surface area contributed by atoms with Crippen LogP contribution in [0.5, 0.6) is 0 Å². The van der Waals surface area contributed by atoms with Crippen LogP contribution in [0.25, 0.3) is 0 Å². The van der Waals surface area contributed by atoms with Crippen LogP contribution in [0.1, 0.15) is 25.7 Å². The third-order valence-electron chi connectivity index (χ3n) is 3.25. The van der Waals surface area contributed by atoms with Crippen molar-refractivity contribution in [3.63, 3.8) is 0 Å². The summed E-state index contributed by atoms with van der Waals surface area (Å²) in [6, 6.07) is 0. The number of aldehydes is 1. The van der Waals surface area contributed by atoms with Gasteiger partial charge >= 0.3 is 6.18 Å². The summed E-state index contributed by atoms with van der Waals surface area (Å²) in [6.45, 7) is 0. The summed E-state index contributed by atoms with van der Waals surface area (Å²) in [6.07, 6.45) is -9.59. The van der Waals surface area contributed by atoms with Crippen molar-refractivity contribution >= 4 is 6.29 Å². The molecule has 1 aliphatic carbocycles. The maximum atomic E-state index is 13.6. The molecule has 1 rings (SSSR count). The zero-order chi connectivity index (χ0) is 13.3. The highest BCUT2D eigenvalue weighted by Crippen LogP contribution is 2.49. The van der Waals surface area contributed by atoms with E-state index < -0.39 is 36.5 Å². The summed E-state index contributed by atoms with van der Waals surface area (Å²) in [7, 11) is 0. The van der Waals surface area contributed by atoms with Gasteiger partial charge in [0.25, 0.3) is 12.1 Å². The van der Waals surface area contributed by atoms with E-state index in [1.807, 2.05) is 0 Å². The smallest absolute Gasteiger partial charge is 0.303 e. The number of rotatable bonds is 3. The summed E-state index contributed by atoms with van der Waals surface area (Å²) in [5.41, 5.74) is -4.51. The summed E-state index contributed by atoms with van der Waals surface area (Å²) in [4.78, 5) is 10.5. The van der Waals surface area contributed by atoms with Crippen molar-refractivity contribution in [3.8, 4) is 0 Å². The molecular weight excluding hydrogens is 250 g/mol. The van der Waals surface area contributed by atoms with Crippen LogP contribution in [0.4, 0.5) is 26.3 Å². The predicted molar refractivity (Wildman–Crippen MR) is 47.4 cm³/mol. The third kappa shape index (κ3) is 2.57. The normalized spacial score (nSPS) is 30.1. The number of alkyl halides is 6. The molecule has 1 aliphatic rings. The molecule has 3 unspecified atom stereocenters. The second-order valence-corrected chi connectivity index (χ2v) is 4.33. The molecule has 3 atom stereocenters. The van der Waals surface area contributed by atoms with Crippen LogP contribution < -0.4 is 0 Å². The van der Waals surface area contributed by atoms with Gasteiger partial charge < -0.3 is 4.79 Å². The second-order valence-electron chi connectivity index (χ2n) is 4.33. The first-order valence-corrected chi connectivity index (χ1v) is 5.22. The number of carbonyl (C=O) groups excluding carboxylic acids is 1. The Morgan fingerprint density at radius 2 is 1.71 bits per heavy atom. The molecule has 0 aromatic rings. The lowest BCUT2D eigenvalue weighted by molar-refractivity contribution is -0.290. The van der Waals surface area contributed by atoms with Crippen molar-refractivity contribution in [2.45, 2.75) is 44.0 Å². The molecule has 1 saturated carbocycles. The minimum absolute atomic E-state index is 0.155. The van der Waals surface area contributed by atoms with E-state index in [-0.39, 0.29) is 12.8 Å². The summed E-state index contributed by atoms with van der Waals surface area (Å²) in [5, 5.41) is 0. The minimum Gasteiger partial charge on any atom is -0.303 e. The van der Waals surface area contributed by atoms with Gasteiger partial charge in [0.05, 0.1) is 0 Å². The van der Waals surface area contributed by atoms with Crippen LogP contribution in [0.3, 0.4) is 0 Å². The van der Waals surface area contributed by atoms with Crippen molar-refractivity contribution < 1.29 is 31.1 Å². The lowest BCUT2D eigenvalue weighted by Crippen LogP contribution is -2.54. The Hall–Kier alpha value is -0.750. The Morgan fingerprint density at radius 3 is 2.12 bits per heavy atom. The Bertz CT molecular complexity index is 276. The largest absolute Gasteiger partial charge is 0.428 e. The van der Waals surface area contributed by atoms with E-state index in [4.69, 9.17) is 0 Å². The number of carbonyl (C=O) groups is 1. The number of hydrogen-bond acceptors (Lipinski definition) is 1. The average Bonchev–Trinajstić information content (AvgIpc) is 2.26. The lowest BCUT2D eigenvalue weighted by Gasteiger charge is -2.38. The number of halogens is 6. The molecule has 17 heavy (non-hydrogen) atoms. The first kappa shape index (κ1) is 14.3. The monoisotopic (exact) mass is 262 g/mol. The van der Waals surface area contributed by atoms with Crippen LogP contribution in [0.15, 0.2) is 0 Å². The molecule has 0 aliphatic heterocycles. The molecule has 0 aromatic heterocycles. The van der Waals surface area contributed by atoms with E-state index in [0.717, 1.165) is 0 Å². The first-order chi connectivity index (χ1) is 7.73. The van der Waals surface area contributed by atoms with E-state index in [0.29, 0.717) is 12.7 Å². The Morgan fingerprint density at radius 1 is 1.12 bits per heavy atom. The highest BCUT2D eigenvalue weighted by atomic mass is 19.4. The molecule has 0 spiro atoms. The summed E-state index contributed by atoms with van der Waals surface area (Å²) in [5.74, 6) is -2.60. The molecule has 7 heteroatoms. The van der Waals surface area contributed by atoms with E-state index in [2.05, 4.69) is 0 Å². The van der Waals surface area contributed by atoms with Gasteiger partial charge in [0.2, 0.25) is 0 Å². The van der Waals surface area contributed by atoms with Gasteiger partial charge in [-0.1, -0.05) is 6.42 Å². The topological polar surface area (TPSA) is 17.1 Å². The van der Waals surface area contributed by atoms with E-state index >= 15 is 0 Å². The molecule has 0 amide bonds. The second kappa shape index (κ2) is 4.86. The van der Waals surface area contributed by atoms with Gasteiger partial charge in [-0.3, -0.25) is 0 Å². The third-order valence-corrected chi connectivity index (χ3v) is 3.25. The van der Waals surface area contributed by atoms with Crippen LogP contribution in [-0.4, -0.2) is 24.6 Å². The molecule has 0 heterocycles. The summed E-state index contributed by atoms with van der Waals surface area (Å²) >= 11 is 0. The Kier molecular flexibility index (Phi) is 4.09. The fraction of sp³-hybridized carbons (Fsp3) is 0.900. The highest BCUT2D eigenvalue weighted by Gasteiger charge is 2.66. The molecule has 0 saturated heterocycles. The van der Waals surface area contributed by atoms with Crippen LogP contribution in [0, 0.1) is 11.8 Å². The number of hydrogen-bond donors (Lipinski definition) is 0. The molecule has 0 N–H and O–H groups in total. The first-order valence-electron chi connectivity index (χ1n) is 5.22. The zero-order valence-corrected chi connectivity index (χ0v) is 8.81. The highest BCUT2D eigenvalue weighted by molar-refractivity contribution is 5.53. The van der Waals surface area contributed by atoms with Crippen LogP contribution >= 0.6 is 0 Å². The van der Waals surface area contributed by atoms with Crippen molar-refractivity contribution in [1.29, 1.82) is 0 Å². The maximum Gasteiger partial charge on any atom is 0.428 e. The van der Waals surface area contributed by atoms with E-state index in [1.54, 1.807) is 0 Å². The fourth-order valence-electron chi connectivity index (χ4n) is 2.27. The Labute approximate surface area is 94.2 Å². The molecule has 100 valence electrons. The van der Waals surface area contributed by atoms with Gasteiger partial charge in [0.15, 0.2) is 0 Å². The molecule has 0 radical (unpaired) electrons. The molecule has 0 bridgehead atoms. The lowest BCUT2D eigenvalue weighted by atomic mass is 9.73. The van der Waals surface area contributed by atoms with Crippen LogP contribution in [-0.2, 0) is 4.79 Å². The Balaban J connectivity index is 2.95. The fourth-order valence-corrected chi connectivity index (χ4v) is 2.27. The quantitative estimate of drug-likeness (QED) is 0.561. The SMILES string of the molecule is O=CC1CCCC(C(F)(C(F)F)C(F)(F)F)C1. The minimum atomic E-state index is -5.61. The molecule has 1 fully saturated rings. The van der Waals surface area contributed by atoms with Gasteiger partial charge in [-0.25, -0.2) is 13.2 Å². The van der Waals surface area contributed by atoms with Crippen molar-refractivity contribution in [2.75, 3.05) is 0 Å². The van der Waals surface area contributed by atoms with E-state index in [1.165, 1.54) is 0 Å². The zero-order valence-electron chi connectivity index (χ0n) is 8.81. The van der Waals surface area contributed by atoms with Gasteiger partial charge in [-0.2, -0.15) is 13.2 Å². The van der Waals surface area contributed by atoms with Gasteiger partial charge in [0, 0.05) is 11.8 Å². The van der Waals surface area contributed by atoms with E-state index in [9.17, 15) is 31.1 Å². The predicted octanol–water partition coefficient (Wildman–Crippen LogP) is 3.53. The van der Waals surface area contributed by atoms with Gasteiger partial charge in [-0.05, 0) is 19.3 Å².